The zero-order valence-electron chi connectivity index (χ0n) is 12.3. The molecule has 17 heavy (non-hydrogen) atoms. The van der Waals surface area contributed by atoms with Crippen LogP contribution in [0.1, 0.15) is 78.6 Å². The maximum atomic E-state index is 2.36. The van der Waals surface area contributed by atoms with Crippen molar-refractivity contribution in [3.05, 3.63) is 24.3 Å². The third-order valence-electron chi connectivity index (χ3n) is 3.25. The smallest absolute Gasteiger partial charge is 0.0348 e. The molecule has 0 atom stereocenters. The van der Waals surface area contributed by atoms with Gasteiger partial charge in [0, 0.05) is 0 Å². The Morgan fingerprint density at radius 1 is 0.706 bits per heavy atom. The molecule has 0 aliphatic carbocycles. The molecule has 0 spiro atoms. The average molecular weight is 236 g/mol. The highest BCUT2D eigenvalue weighted by molar-refractivity contribution is 4.83. The van der Waals surface area contributed by atoms with Crippen molar-refractivity contribution in [1.29, 1.82) is 0 Å². The van der Waals surface area contributed by atoms with Crippen molar-refractivity contribution >= 4 is 0 Å². The SMILES string of the molecule is CCC=CCCC(CCC=CCC)CCCC. The minimum atomic E-state index is 0.943. The molecule has 0 unspecified atom stereocenters. The first-order valence-electron chi connectivity index (χ1n) is 7.65. The Kier molecular flexibility index (Phi) is 13.1. The molecule has 0 aromatic rings. The van der Waals surface area contributed by atoms with Crippen LogP contribution in [0.3, 0.4) is 0 Å². The topological polar surface area (TPSA) is 0 Å². The third kappa shape index (κ3) is 11.7. The lowest BCUT2D eigenvalue weighted by Crippen LogP contribution is -1.99. The van der Waals surface area contributed by atoms with Crippen LogP contribution in [0.4, 0.5) is 0 Å². The highest BCUT2D eigenvalue weighted by atomic mass is 14.1. The maximum Gasteiger partial charge on any atom is -0.0348 e. The van der Waals surface area contributed by atoms with Gasteiger partial charge < -0.3 is 0 Å². The summed E-state index contributed by atoms with van der Waals surface area (Å²) in [6.07, 6.45) is 21.2. The summed E-state index contributed by atoms with van der Waals surface area (Å²) in [7, 11) is 0. The lowest BCUT2D eigenvalue weighted by atomic mass is 9.92. The molecule has 0 nitrogen and oxygen atoms in total. The number of rotatable bonds is 11. The fraction of sp³-hybridized carbons (Fsp3) is 0.765. The van der Waals surface area contributed by atoms with Crippen LogP contribution in [0.2, 0.25) is 0 Å². The molecule has 0 heteroatoms. The highest BCUT2D eigenvalue weighted by Crippen LogP contribution is 2.21. The van der Waals surface area contributed by atoms with Crippen LogP contribution in [-0.2, 0) is 0 Å². The zero-order valence-corrected chi connectivity index (χ0v) is 12.3. The Hall–Kier alpha value is -0.520. The van der Waals surface area contributed by atoms with E-state index in [9.17, 15) is 0 Å². The Balaban J connectivity index is 3.78. The van der Waals surface area contributed by atoms with Gasteiger partial charge in [0.25, 0.3) is 0 Å². The van der Waals surface area contributed by atoms with Crippen molar-refractivity contribution in [2.75, 3.05) is 0 Å². The molecular formula is C17H32. The van der Waals surface area contributed by atoms with Crippen LogP contribution < -0.4 is 0 Å². The molecule has 0 aromatic carbocycles. The van der Waals surface area contributed by atoms with Gasteiger partial charge in [0.15, 0.2) is 0 Å². The van der Waals surface area contributed by atoms with Crippen molar-refractivity contribution in [2.24, 2.45) is 5.92 Å². The van der Waals surface area contributed by atoms with E-state index in [4.69, 9.17) is 0 Å². The van der Waals surface area contributed by atoms with Crippen LogP contribution in [0.5, 0.6) is 0 Å². The molecule has 0 saturated heterocycles. The summed E-state index contributed by atoms with van der Waals surface area (Å²) in [6, 6.07) is 0. The van der Waals surface area contributed by atoms with E-state index in [2.05, 4.69) is 45.1 Å². The molecule has 0 amide bonds. The van der Waals surface area contributed by atoms with E-state index >= 15 is 0 Å². The molecule has 0 saturated carbocycles. The second-order valence-corrected chi connectivity index (χ2v) is 4.92. The quantitative estimate of drug-likeness (QED) is 0.370. The Labute approximate surface area is 109 Å². The Morgan fingerprint density at radius 3 is 1.65 bits per heavy atom. The average Bonchev–Trinajstić information content (AvgIpc) is 2.35. The Morgan fingerprint density at radius 2 is 1.24 bits per heavy atom. The molecule has 0 heterocycles. The van der Waals surface area contributed by atoms with Crippen LogP contribution in [-0.4, -0.2) is 0 Å². The van der Waals surface area contributed by atoms with E-state index in [1.165, 1.54) is 57.8 Å². The minimum absolute atomic E-state index is 0.943. The monoisotopic (exact) mass is 236 g/mol. The van der Waals surface area contributed by atoms with Crippen LogP contribution in [0.15, 0.2) is 24.3 Å². The fourth-order valence-corrected chi connectivity index (χ4v) is 2.16. The maximum absolute atomic E-state index is 2.36. The van der Waals surface area contributed by atoms with Crippen molar-refractivity contribution in [3.8, 4) is 0 Å². The van der Waals surface area contributed by atoms with Crippen molar-refractivity contribution < 1.29 is 0 Å². The summed E-state index contributed by atoms with van der Waals surface area (Å²) in [6.45, 7) is 6.71. The summed E-state index contributed by atoms with van der Waals surface area (Å²) in [5, 5.41) is 0. The van der Waals surface area contributed by atoms with Gasteiger partial charge in [0.05, 0.1) is 0 Å². The van der Waals surface area contributed by atoms with Gasteiger partial charge in [-0.15, -0.1) is 0 Å². The van der Waals surface area contributed by atoms with Gasteiger partial charge in [-0.05, 0) is 44.4 Å². The van der Waals surface area contributed by atoms with E-state index < -0.39 is 0 Å². The van der Waals surface area contributed by atoms with Crippen molar-refractivity contribution in [1.82, 2.24) is 0 Å². The van der Waals surface area contributed by atoms with Crippen LogP contribution in [0.25, 0.3) is 0 Å². The lowest BCUT2D eigenvalue weighted by molar-refractivity contribution is 0.411. The van der Waals surface area contributed by atoms with Crippen LogP contribution >= 0.6 is 0 Å². The van der Waals surface area contributed by atoms with Gasteiger partial charge in [0.1, 0.15) is 0 Å². The first-order chi connectivity index (χ1) is 8.35. The Bertz CT molecular complexity index is 170. The van der Waals surface area contributed by atoms with E-state index in [-0.39, 0.29) is 0 Å². The van der Waals surface area contributed by atoms with Gasteiger partial charge in [0.2, 0.25) is 0 Å². The summed E-state index contributed by atoms with van der Waals surface area (Å²) < 4.78 is 0. The van der Waals surface area contributed by atoms with Gasteiger partial charge in [-0.25, -0.2) is 0 Å². The molecule has 0 fully saturated rings. The predicted octanol–water partition coefficient (Wildman–Crippen LogP) is 6.29. The van der Waals surface area contributed by atoms with E-state index in [1.54, 1.807) is 0 Å². The van der Waals surface area contributed by atoms with Gasteiger partial charge >= 0.3 is 0 Å². The first kappa shape index (κ1) is 16.5. The fourth-order valence-electron chi connectivity index (χ4n) is 2.16. The van der Waals surface area contributed by atoms with E-state index in [0.29, 0.717) is 0 Å². The molecular weight excluding hydrogens is 204 g/mol. The van der Waals surface area contributed by atoms with Gasteiger partial charge in [-0.3, -0.25) is 0 Å². The van der Waals surface area contributed by atoms with Gasteiger partial charge in [-0.2, -0.15) is 0 Å². The third-order valence-corrected chi connectivity index (χ3v) is 3.25. The largest absolute Gasteiger partial charge is 0.0888 e. The first-order valence-corrected chi connectivity index (χ1v) is 7.65. The summed E-state index contributed by atoms with van der Waals surface area (Å²) in [4.78, 5) is 0. The highest BCUT2D eigenvalue weighted by Gasteiger charge is 2.06. The van der Waals surface area contributed by atoms with E-state index in [0.717, 1.165) is 5.92 Å². The van der Waals surface area contributed by atoms with Crippen molar-refractivity contribution in [3.63, 3.8) is 0 Å². The van der Waals surface area contributed by atoms with Crippen molar-refractivity contribution in [2.45, 2.75) is 78.6 Å². The standard InChI is InChI=1S/C17H32/c1-4-7-10-12-15-17(14-9-6-3)16-13-11-8-5-2/h7-8,10-11,17H,4-6,9,12-16H2,1-3H3. The number of hydrogen-bond acceptors (Lipinski definition) is 0. The molecule has 100 valence electrons. The molecule has 0 aliphatic heterocycles. The van der Waals surface area contributed by atoms with E-state index in [1.807, 2.05) is 0 Å². The lowest BCUT2D eigenvalue weighted by Gasteiger charge is -2.14. The number of allylic oxidation sites excluding steroid dienone is 4. The predicted molar refractivity (Wildman–Crippen MR) is 80.3 cm³/mol. The summed E-state index contributed by atoms with van der Waals surface area (Å²) in [5.41, 5.74) is 0. The number of unbranched alkanes of at least 4 members (excludes halogenated alkanes) is 1. The molecule has 0 aliphatic rings. The molecule has 0 aromatic heterocycles. The molecule has 0 rings (SSSR count). The summed E-state index contributed by atoms with van der Waals surface area (Å²) in [5.74, 6) is 0.943. The molecule has 0 radical (unpaired) electrons. The normalized spacial score (nSPS) is 13.8. The minimum Gasteiger partial charge on any atom is -0.0888 e. The molecule has 0 bridgehead atoms. The summed E-state index contributed by atoms with van der Waals surface area (Å²) >= 11 is 0. The molecule has 0 N–H and O–H groups in total. The van der Waals surface area contributed by atoms with Crippen LogP contribution in [0, 0.1) is 5.92 Å². The van der Waals surface area contributed by atoms with Gasteiger partial charge in [-0.1, -0.05) is 64.3 Å². The zero-order chi connectivity index (χ0) is 12.8. The second-order valence-electron chi connectivity index (χ2n) is 4.92. The second kappa shape index (κ2) is 13.5. The number of hydrogen-bond donors (Lipinski definition) is 0.